The highest BCUT2D eigenvalue weighted by Crippen LogP contribution is 2.21. The quantitative estimate of drug-likeness (QED) is 0.761. The Kier molecular flexibility index (Phi) is 4.64. The molecule has 0 bridgehead atoms. The van der Waals surface area contributed by atoms with E-state index in [1.807, 2.05) is 6.07 Å². The molecule has 0 saturated carbocycles. The lowest BCUT2D eigenvalue weighted by molar-refractivity contribution is 0.102. The molecule has 0 aliphatic heterocycles. The van der Waals surface area contributed by atoms with Crippen molar-refractivity contribution in [3.8, 4) is 0 Å². The smallest absolute Gasteiger partial charge is 0.255 e. The van der Waals surface area contributed by atoms with E-state index in [9.17, 15) is 9.59 Å². The lowest BCUT2D eigenvalue weighted by atomic mass is 10.1. The van der Waals surface area contributed by atoms with E-state index in [2.05, 4.69) is 10.3 Å². The van der Waals surface area contributed by atoms with Crippen LogP contribution in [0.5, 0.6) is 0 Å². The molecule has 0 fully saturated rings. The van der Waals surface area contributed by atoms with Gasteiger partial charge in [-0.05, 0) is 35.9 Å². The number of pyridine rings is 1. The maximum absolute atomic E-state index is 12.3. The number of hydrogen-bond acceptors (Lipinski definition) is 3. The first-order valence-electron chi connectivity index (χ1n) is 7.28. The summed E-state index contributed by atoms with van der Waals surface area (Å²) in [5, 5.41) is 4.17. The van der Waals surface area contributed by atoms with Crippen LogP contribution in [0.2, 0.25) is 5.02 Å². The van der Waals surface area contributed by atoms with Gasteiger partial charge >= 0.3 is 0 Å². The van der Waals surface area contributed by atoms with Crippen molar-refractivity contribution >= 4 is 34.1 Å². The van der Waals surface area contributed by atoms with E-state index in [4.69, 9.17) is 16.3 Å². The van der Waals surface area contributed by atoms with Crippen molar-refractivity contribution in [2.24, 2.45) is 0 Å². The Morgan fingerprint density at radius 2 is 2.04 bits per heavy atom. The molecular weight excluding hydrogens is 328 g/mol. The summed E-state index contributed by atoms with van der Waals surface area (Å²) < 4.78 is 5.12. The number of anilines is 1. The van der Waals surface area contributed by atoms with Crippen LogP contribution >= 0.6 is 11.6 Å². The van der Waals surface area contributed by atoms with Gasteiger partial charge in [-0.1, -0.05) is 23.7 Å². The zero-order valence-electron chi connectivity index (χ0n) is 12.9. The van der Waals surface area contributed by atoms with Gasteiger partial charge in [0.25, 0.3) is 5.91 Å². The number of hydrogen-bond donors (Lipinski definition) is 2. The van der Waals surface area contributed by atoms with E-state index in [-0.39, 0.29) is 11.5 Å². The van der Waals surface area contributed by atoms with Gasteiger partial charge in [0.05, 0.1) is 12.1 Å². The zero-order chi connectivity index (χ0) is 17.1. The minimum Gasteiger partial charge on any atom is -0.380 e. The summed E-state index contributed by atoms with van der Waals surface area (Å²) in [7, 11) is 1.58. The zero-order valence-corrected chi connectivity index (χ0v) is 13.7. The number of rotatable bonds is 4. The predicted molar refractivity (Wildman–Crippen MR) is 94.7 cm³/mol. The molecule has 0 radical (unpaired) electrons. The Labute approximate surface area is 143 Å². The van der Waals surface area contributed by atoms with Crippen LogP contribution in [0.3, 0.4) is 0 Å². The Bertz CT molecular complexity index is 966. The summed E-state index contributed by atoms with van der Waals surface area (Å²) in [4.78, 5) is 26.8. The fourth-order valence-corrected chi connectivity index (χ4v) is 2.71. The molecule has 1 aromatic heterocycles. The van der Waals surface area contributed by atoms with E-state index < -0.39 is 0 Å². The molecule has 0 atom stereocenters. The van der Waals surface area contributed by atoms with Gasteiger partial charge < -0.3 is 15.0 Å². The van der Waals surface area contributed by atoms with Crippen LogP contribution in [0.4, 0.5) is 5.69 Å². The van der Waals surface area contributed by atoms with Crippen LogP contribution in [0.25, 0.3) is 10.9 Å². The average molecular weight is 343 g/mol. The number of ether oxygens (including phenoxy) is 1. The van der Waals surface area contributed by atoms with Gasteiger partial charge in [-0.25, -0.2) is 0 Å². The maximum Gasteiger partial charge on any atom is 0.255 e. The van der Waals surface area contributed by atoms with Gasteiger partial charge in [-0.3, -0.25) is 9.59 Å². The summed E-state index contributed by atoms with van der Waals surface area (Å²) in [6, 6.07) is 13.5. The van der Waals surface area contributed by atoms with Crippen LogP contribution in [0, 0.1) is 0 Å². The van der Waals surface area contributed by atoms with E-state index in [0.29, 0.717) is 28.4 Å². The molecule has 3 rings (SSSR count). The summed E-state index contributed by atoms with van der Waals surface area (Å²) in [6.07, 6.45) is 0. The van der Waals surface area contributed by atoms with E-state index >= 15 is 0 Å². The second-order valence-corrected chi connectivity index (χ2v) is 5.75. The normalized spacial score (nSPS) is 10.8. The van der Waals surface area contributed by atoms with Crippen molar-refractivity contribution in [2.75, 3.05) is 12.4 Å². The standard InChI is InChI=1S/C18H15ClN2O3/c1-24-10-12-8-17(22)21-16-9-14(5-6-15(12)16)20-18(23)11-3-2-4-13(19)7-11/h2-9H,10H2,1H3,(H,20,23)(H,21,22). The Hall–Kier alpha value is -2.63. The summed E-state index contributed by atoms with van der Waals surface area (Å²) in [5.74, 6) is -0.271. The van der Waals surface area contributed by atoms with Crippen LogP contribution in [-0.4, -0.2) is 18.0 Å². The number of nitrogens with one attached hydrogen (secondary N) is 2. The number of H-pyrrole nitrogens is 1. The molecule has 24 heavy (non-hydrogen) atoms. The third-order valence-electron chi connectivity index (χ3n) is 3.57. The van der Waals surface area contributed by atoms with E-state index in [1.165, 1.54) is 6.07 Å². The first-order chi connectivity index (χ1) is 11.6. The number of benzene rings is 2. The van der Waals surface area contributed by atoms with Crippen LogP contribution < -0.4 is 10.9 Å². The fourth-order valence-electron chi connectivity index (χ4n) is 2.52. The van der Waals surface area contributed by atoms with Crippen molar-refractivity contribution in [3.05, 3.63) is 75.0 Å². The van der Waals surface area contributed by atoms with Crippen molar-refractivity contribution in [2.45, 2.75) is 6.61 Å². The van der Waals surface area contributed by atoms with Crippen molar-refractivity contribution in [1.29, 1.82) is 0 Å². The second kappa shape index (κ2) is 6.86. The number of aromatic amines is 1. The summed E-state index contributed by atoms with van der Waals surface area (Å²) >= 11 is 5.90. The monoisotopic (exact) mass is 342 g/mol. The first kappa shape index (κ1) is 16.2. The lowest BCUT2D eigenvalue weighted by Crippen LogP contribution is -2.12. The van der Waals surface area contributed by atoms with Crippen LogP contribution in [-0.2, 0) is 11.3 Å². The summed E-state index contributed by atoms with van der Waals surface area (Å²) in [5.41, 5.74) is 2.26. The number of halogens is 1. The number of amides is 1. The largest absolute Gasteiger partial charge is 0.380 e. The molecule has 0 spiro atoms. The van der Waals surface area contributed by atoms with Gasteiger partial charge in [0.15, 0.2) is 0 Å². The second-order valence-electron chi connectivity index (χ2n) is 5.32. The Morgan fingerprint density at radius 3 is 2.79 bits per heavy atom. The van der Waals surface area contributed by atoms with Crippen LogP contribution in [0.1, 0.15) is 15.9 Å². The number of fused-ring (bicyclic) bond motifs is 1. The third kappa shape index (κ3) is 3.48. The van der Waals surface area contributed by atoms with Gasteiger partial charge in [-0.2, -0.15) is 0 Å². The maximum atomic E-state index is 12.3. The molecule has 6 heteroatoms. The fraction of sp³-hybridized carbons (Fsp3) is 0.111. The minimum absolute atomic E-state index is 0.215. The molecule has 5 nitrogen and oxygen atoms in total. The first-order valence-corrected chi connectivity index (χ1v) is 7.66. The molecule has 0 aliphatic carbocycles. The molecule has 1 amide bonds. The Balaban J connectivity index is 1.93. The van der Waals surface area contributed by atoms with Gasteiger partial charge in [0.1, 0.15) is 0 Å². The predicted octanol–water partition coefficient (Wildman–Crippen LogP) is 3.58. The molecular formula is C18H15ClN2O3. The number of methoxy groups -OCH3 is 1. The van der Waals surface area contributed by atoms with Crippen molar-refractivity contribution in [3.63, 3.8) is 0 Å². The van der Waals surface area contributed by atoms with E-state index in [1.54, 1.807) is 43.5 Å². The highest BCUT2D eigenvalue weighted by molar-refractivity contribution is 6.31. The topological polar surface area (TPSA) is 71.2 Å². The number of carbonyl (C=O) groups excluding carboxylic acids is 1. The van der Waals surface area contributed by atoms with Crippen LogP contribution in [0.15, 0.2) is 53.3 Å². The molecule has 122 valence electrons. The molecule has 3 aromatic rings. The van der Waals surface area contributed by atoms with Gasteiger partial charge in [0, 0.05) is 34.8 Å². The molecule has 0 aliphatic rings. The number of carbonyl (C=O) groups is 1. The van der Waals surface area contributed by atoms with Gasteiger partial charge in [0.2, 0.25) is 5.56 Å². The Morgan fingerprint density at radius 1 is 1.21 bits per heavy atom. The van der Waals surface area contributed by atoms with Gasteiger partial charge in [-0.15, -0.1) is 0 Å². The highest BCUT2D eigenvalue weighted by atomic mass is 35.5. The molecule has 2 N–H and O–H groups in total. The van der Waals surface area contributed by atoms with Crippen molar-refractivity contribution < 1.29 is 9.53 Å². The molecule has 1 heterocycles. The summed E-state index contributed by atoms with van der Waals surface area (Å²) in [6.45, 7) is 0.342. The third-order valence-corrected chi connectivity index (χ3v) is 3.81. The van der Waals surface area contributed by atoms with E-state index in [0.717, 1.165) is 10.9 Å². The lowest BCUT2D eigenvalue weighted by Gasteiger charge is -2.09. The highest BCUT2D eigenvalue weighted by Gasteiger charge is 2.09. The average Bonchev–Trinajstić information content (AvgIpc) is 2.54. The molecule has 0 saturated heterocycles. The molecule has 2 aromatic carbocycles. The van der Waals surface area contributed by atoms with Crippen molar-refractivity contribution in [1.82, 2.24) is 4.98 Å². The number of aromatic nitrogens is 1. The SMILES string of the molecule is COCc1cc(=O)[nH]c2cc(NC(=O)c3cccc(Cl)c3)ccc12. The molecule has 0 unspecified atom stereocenters. The minimum atomic E-state index is -0.271.